The summed E-state index contributed by atoms with van der Waals surface area (Å²) < 4.78 is 2.13. The first-order chi connectivity index (χ1) is 9.13. The standard InChI is InChI=1S/C11H12BrN7/c1-18(6-2-4-13)10-8(12)9(14)16-11(17-10)19-7-3-5-15-19/h2-7,13H,1H3,(H2,14,16,17)/b6-2-,13-4?. The molecule has 2 aromatic rings. The maximum atomic E-state index is 6.99. The molecule has 0 aliphatic rings. The van der Waals surface area contributed by atoms with E-state index in [0.29, 0.717) is 22.1 Å². The van der Waals surface area contributed by atoms with E-state index >= 15 is 0 Å². The lowest BCUT2D eigenvalue weighted by Gasteiger charge is -2.16. The maximum Gasteiger partial charge on any atom is 0.254 e. The lowest BCUT2D eigenvalue weighted by molar-refractivity contribution is 0.806. The van der Waals surface area contributed by atoms with Crippen molar-refractivity contribution in [1.29, 1.82) is 5.41 Å². The van der Waals surface area contributed by atoms with Crippen LogP contribution in [0.1, 0.15) is 0 Å². The Labute approximate surface area is 118 Å². The van der Waals surface area contributed by atoms with Crippen LogP contribution < -0.4 is 10.6 Å². The van der Waals surface area contributed by atoms with E-state index in [9.17, 15) is 0 Å². The fraction of sp³-hybridized carbons (Fsp3) is 0.0909. The molecule has 0 spiro atoms. The van der Waals surface area contributed by atoms with E-state index in [1.807, 2.05) is 0 Å². The van der Waals surface area contributed by atoms with Crippen LogP contribution in [0, 0.1) is 5.41 Å². The van der Waals surface area contributed by atoms with Gasteiger partial charge in [-0.2, -0.15) is 15.1 Å². The number of hydrogen-bond acceptors (Lipinski definition) is 6. The first-order valence-corrected chi connectivity index (χ1v) is 6.16. The zero-order valence-corrected chi connectivity index (χ0v) is 11.7. The molecule has 0 saturated carbocycles. The van der Waals surface area contributed by atoms with Crippen molar-refractivity contribution in [3.05, 3.63) is 35.2 Å². The summed E-state index contributed by atoms with van der Waals surface area (Å²) in [6, 6.07) is 1.78. The summed E-state index contributed by atoms with van der Waals surface area (Å²) in [6.45, 7) is 0. The fourth-order valence-electron chi connectivity index (χ4n) is 1.41. The number of anilines is 2. The fourth-order valence-corrected chi connectivity index (χ4v) is 1.86. The van der Waals surface area contributed by atoms with E-state index in [0.717, 1.165) is 0 Å². The van der Waals surface area contributed by atoms with Crippen LogP contribution in [-0.2, 0) is 0 Å². The lowest BCUT2D eigenvalue weighted by Crippen LogP contribution is -2.15. The summed E-state index contributed by atoms with van der Waals surface area (Å²) in [5, 5.41) is 11.1. The summed E-state index contributed by atoms with van der Waals surface area (Å²) >= 11 is 3.36. The Bertz CT molecular complexity index is 606. The van der Waals surface area contributed by atoms with Crippen molar-refractivity contribution in [1.82, 2.24) is 19.7 Å². The molecule has 2 aromatic heterocycles. The summed E-state index contributed by atoms with van der Waals surface area (Å²) in [7, 11) is 1.80. The second kappa shape index (κ2) is 5.61. The first-order valence-electron chi connectivity index (χ1n) is 5.36. The Morgan fingerprint density at radius 2 is 2.26 bits per heavy atom. The molecule has 7 nitrogen and oxygen atoms in total. The highest BCUT2D eigenvalue weighted by atomic mass is 79.9. The molecular formula is C11H12BrN7. The maximum absolute atomic E-state index is 6.99. The van der Waals surface area contributed by atoms with Crippen molar-refractivity contribution in [2.24, 2.45) is 0 Å². The molecule has 0 aliphatic carbocycles. The van der Waals surface area contributed by atoms with Gasteiger partial charge in [-0.25, -0.2) is 4.68 Å². The number of halogens is 1. The van der Waals surface area contributed by atoms with E-state index in [4.69, 9.17) is 11.1 Å². The number of nitrogens with two attached hydrogens (primary N) is 1. The molecule has 0 amide bonds. The molecule has 0 atom stereocenters. The highest BCUT2D eigenvalue weighted by Gasteiger charge is 2.13. The summed E-state index contributed by atoms with van der Waals surface area (Å²) in [5.74, 6) is 1.30. The zero-order chi connectivity index (χ0) is 13.8. The molecule has 0 aromatic carbocycles. The van der Waals surface area contributed by atoms with Gasteiger partial charge in [0.25, 0.3) is 5.95 Å². The monoisotopic (exact) mass is 321 g/mol. The third-order valence-corrected chi connectivity index (χ3v) is 3.06. The normalized spacial score (nSPS) is 10.8. The van der Waals surface area contributed by atoms with Gasteiger partial charge in [-0.1, -0.05) is 0 Å². The topological polar surface area (TPSA) is 96.7 Å². The number of allylic oxidation sites excluding steroid dienone is 1. The van der Waals surface area contributed by atoms with Gasteiger partial charge in [-0.05, 0) is 28.1 Å². The first kappa shape index (κ1) is 13.2. The predicted molar refractivity (Wildman–Crippen MR) is 77.6 cm³/mol. The molecule has 0 bridgehead atoms. The van der Waals surface area contributed by atoms with E-state index in [2.05, 4.69) is 31.0 Å². The van der Waals surface area contributed by atoms with Gasteiger partial charge in [-0.3, -0.25) is 0 Å². The Morgan fingerprint density at radius 1 is 1.47 bits per heavy atom. The number of rotatable bonds is 4. The van der Waals surface area contributed by atoms with E-state index in [1.165, 1.54) is 10.9 Å². The molecule has 98 valence electrons. The molecule has 2 heterocycles. The van der Waals surface area contributed by atoms with Crippen LogP contribution in [0.2, 0.25) is 0 Å². The smallest absolute Gasteiger partial charge is 0.254 e. The van der Waals surface area contributed by atoms with Crippen LogP contribution in [0.4, 0.5) is 11.6 Å². The molecule has 0 aliphatic heterocycles. The molecule has 0 unspecified atom stereocenters. The predicted octanol–water partition coefficient (Wildman–Crippen LogP) is 1.61. The molecule has 2 rings (SSSR count). The molecule has 3 N–H and O–H groups in total. The van der Waals surface area contributed by atoms with E-state index < -0.39 is 0 Å². The highest BCUT2D eigenvalue weighted by Crippen LogP contribution is 2.28. The van der Waals surface area contributed by atoms with Crippen molar-refractivity contribution in [2.75, 3.05) is 17.7 Å². The van der Waals surface area contributed by atoms with Crippen LogP contribution in [0.5, 0.6) is 0 Å². The molecule has 0 radical (unpaired) electrons. The largest absolute Gasteiger partial charge is 0.383 e. The van der Waals surface area contributed by atoms with Gasteiger partial charge in [0, 0.05) is 31.9 Å². The van der Waals surface area contributed by atoms with Crippen molar-refractivity contribution in [3.8, 4) is 5.95 Å². The third kappa shape index (κ3) is 2.79. The summed E-state index contributed by atoms with van der Waals surface area (Å²) in [6.07, 6.45) is 7.84. The Balaban J connectivity index is 2.48. The molecule has 0 fully saturated rings. The second-order valence-electron chi connectivity index (χ2n) is 3.62. The molecular weight excluding hydrogens is 310 g/mol. The Morgan fingerprint density at radius 3 is 2.89 bits per heavy atom. The van der Waals surface area contributed by atoms with Crippen LogP contribution in [0.25, 0.3) is 5.95 Å². The van der Waals surface area contributed by atoms with Crippen LogP contribution in [-0.4, -0.2) is 33.0 Å². The van der Waals surface area contributed by atoms with Gasteiger partial charge in [0.2, 0.25) is 0 Å². The summed E-state index contributed by atoms with van der Waals surface area (Å²) in [4.78, 5) is 10.3. The van der Waals surface area contributed by atoms with Crippen LogP contribution >= 0.6 is 15.9 Å². The quantitative estimate of drug-likeness (QED) is 0.834. The average Bonchev–Trinajstić information content (AvgIpc) is 2.93. The van der Waals surface area contributed by atoms with E-state index in [1.54, 1.807) is 42.7 Å². The summed E-state index contributed by atoms with van der Waals surface area (Å²) in [5.41, 5.74) is 5.86. The van der Waals surface area contributed by atoms with Gasteiger partial charge in [0.15, 0.2) is 5.82 Å². The number of nitrogens with zero attached hydrogens (tertiary/aromatic N) is 5. The van der Waals surface area contributed by atoms with Crippen molar-refractivity contribution in [2.45, 2.75) is 0 Å². The van der Waals surface area contributed by atoms with Gasteiger partial charge < -0.3 is 16.0 Å². The molecule has 19 heavy (non-hydrogen) atoms. The number of nitrogens with one attached hydrogen (secondary N) is 1. The van der Waals surface area contributed by atoms with Gasteiger partial charge >= 0.3 is 0 Å². The lowest BCUT2D eigenvalue weighted by atomic mass is 10.5. The second-order valence-corrected chi connectivity index (χ2v) is 4.41. The molecule has 0 saturated heterocycles. The van der Waals surface area contributed by atoms with E-state index in [-0.39, 0.29) is 0 Å². The minimum atomic E-state index is 0.325. The zero-order valence-electron chi connectivity index (χ0n) is 10.2. The Hall–Kier alpha value is -2.22. The average molecular weight is 322 g/mol. The van der Waals surface area contributed by atoms with Crippen molar-refractivity contribution >= 4 is 33.8 Å². The SMILES string of the molecule is CN(/C=C\C=N)c1nc(-n2cccn2)nc(N)c1Br. The van der Waals surface area contributed by atoms with Gasteiger partial charge in [0.1, 0.15) is 10.3 Å². The minimum Gasteiger partial charge on any atom is -0.383 e. The number of nitrogen functional groups attached to an aromatic ring is 1. The number of hydrogen-bond donors (Lipinski definition) is 2. The molecule has 8 heteroatoms. The minimum absolute atomic E-state index is 0.325. The Kier molecular flexibility index (Phi) is 3.91. The van der Waals surface area contributed by atoms with Crippen LogP contribution in [0.3, 0.4) is 0 Å². The van der Waals surface area contributed by atoms with Gasteiger partial charge in [0.05, 0.1) is 0 Å². The van der Waals surface area contributed by atoms with Crippen LogP contribution in [0.15, 0.2) is 35.2 Å². The van der Waals surface area contributed by atoms with Crippen molar-refractivity contribution < 1.29 is 0 Å². The number of aromatic nitrogens is 4. The highest BCUT2D eigenvalue weighted by molar-refractivity contribution is 9.10. The van der Waals surface area contributed by atoms with Gasteiger partial charge in [-0.15, -0.1) is 0 Å². The third-order valence-electron chi connectivity index (χ3n) is 2.30. The van der Waals surface area contributed by atoms with Crippen molar-refractivity contribution in [3.63, 3.8) is 0 Å².